The van der Waals surface area contributed by atoms with Crippen molar-refractivity contribution in [3.05, 3.63) is 12.4 Å². The quantitative estimate of drug-likeness (QED) is 0.705. The molecule has 96 valence electrons. The lowest BCUT2D eigenvalue weighted by Crippen LogP contribution is -2.16. The zero-order valence-corrected chi connectivity index (χ0v) is 11.1. The highest BCUT2D eigenvalue weighted by Crippen LogP contribution is 2.11. The Balaban J connectivity index is 2.26. The predicted octanol–water partition coefficient (Wildman–Crippen LogP) is 3.26. The Labute approximate surface area is 104 Å². The highest BCUT2D eigenvalue weighted by atomic mass is 16.5. The van der Waals surface area contributed by atoms with Gasteiger partial charge in [0.25, 0.3) is 0 Å². The lowest BCUT2D eigenvalue weighted by molar-refractivity contribution is 0.411. The minimum absolute atomic E-state index is 0.417. The molecule has 0 spiro atoms. The van der Waals surface area contributed by atoms with Crippen molar-refractivity contribution in [2.45, 2.75) is 52.0 Å². The van der Waals surface area contributed by atoms with E-state index in [1.807, 2.05) is 0 Å². The summed E-state index contributed by atoms with van der Waals surface area (Å²) >= 11 is 0. The largest absolute Gasteiger partial charge is 0.494 e. The molecule has 1 aromatic heterocycles. The van der Waals surface area contributed by atoms with Gasteiger partial charge in [0.05, 0.1) is 19.5 Å². The molecule has 17 heavy (non-hydrogen) atoms. The summed E-state index contributed by atoms with van der Waals surface area (Å²) in [6, 6.07) is 0.417. The molecule has 0 aliphatic heterocycles. The van der Waals surface area contributed by atoms with Gasteiger partial charge in [0.2, 0.25) is 5.95 Å². The van der Waals surface area contributed by atoms with Crippen molar-refractivity contribution in [1.29, 1.82) is 0 Å². The molecule has 0 saturated carbocycles. The highest BCUT2D eigenvalue weighted by molar-refractivity contribution is 5.27. The molecule has 0 aliphatic carbocycles. The van der Waals surface area contributed by atoms with Crippen LogP contribution in [0.5, 0.6) is 5.75 Å². The van der Waals surface area contributed by atoms with Gasteiger partial charge in [0, 0.05) is 6.04 Å². The molecule has 0 amide bonds. The van der Waals surface area contributed by atoms with Gasteiger partial charge >= 0.3 is 0 Å². The fourth-order valence-electron chi connectivity index (χ4n) is 1.67. The summed E-state index contributed by atoms with van der Waals surface area (Å²) in [5.74, 6) is 1.36. The average molecular weight is 237 g/mol. The minimum atomic E-state index is 0.417. The molecule has 4 nitrogen and oxygen atoms in total. The first kappa shape index (κ1) is 13.7. The van der Waals surface area contributed by atoms with Crippen LogP contribution in [0.25, 0.3) is 0 Å². The normalized spacial score (nSPS) is 12.2. The molecule has 4 heteroatoms. The van der Waals surface area contributed by atoms with Crippen molar-refractivity contribution in [1.82, 2.24) is 9.97 Å². The van der Waals surface area contributed by atoms with Gasteiger partial charge in [-0.15, -0.1) is 0 Å². The number of rotatable bonds is 8. The Morgan fingerprint density at radius 1 is 1.24 bits per heavy atom. The van der Waals surface area contributed by atoms with Crippen molar-refractivity contribution in [3.8, 4) is 5.75 Å². The van der Waals surface area contributed by atoms with Gasteiger partial charge in [-0.1, -0.05) is 32.6 Å². The molecular formula is C13H23N3O. The molecule has 0 radical (unpaired) electrons. The van der Waals surface area contributed by atoms with E-state index in [0.29, 0.717) is 17.7 Å². The summed E-state index contributed by atoms with van der Waals surface area (Å²) in [6.45, 7) is 4.40. The zero-order chi connectivity index (χ0) is 12.5. The van der Waals surface area contributed by atoms with E-state index in [4.69, 9.17) is 4.74 Å². The van der Waals surface area contributed by atoms with E-state index in [2.05, 4.69) is 29.1 Å². The average Bonchev–Trinajstić information content (AvgIpc) is 2.36. The summed E-state index contributed by atoms with van der Waals surface area (Å²) in [5, 5.41) is 3.29. The number of aromatic nitrogens is 2. The number of nitrogens with one attached hydrogen (secondary N) is 1. The van der Waals surface area contributed by atoms with Gasteiger partial charge in [0.15, 0.2) is 5.75 Å². The molecule has 0 bridgehead atoms. The highest BCUT2D eigenvalue weighted by Gasteiger charge is 2.03. The van der Waals surface area contributed by atoms with Gasteiger partial charge < -0.3 is 10.1 Å². The lowest BCUT2D eigenvalue weighted by atomic mass is 10.1. The number of nitrogens with zero attached hydrogens (tertiary/aromatic N) is 2. The Morgan fingerprint density at radius 3 is 2.53 bits per heavy atom. The maximum atomic E-state index is 5.01. The molecule has 1 N–H and O–H groups in total. The molecule has 1 atom stereocenters. The van der Waals surface area contributed by atoms with Crippen molar-refractivity contribution in [2.24, 2.45) is 0 Å². The van der Waals surface area contributed by atoms with Crippen LogP contribution in [-0.2, 0) is 0 Å². The summed E-state index contributed by atoms with van der Waals surface area (Å²) in [4.78, 5) is 8.37. The van der Waals surface area contributed by atoms with E-state index in [1.54, 1.807) is 19.5 Å². The SMILES string of the molecule is CCCCCCC(C)Nc1ncc(OC)cn1. The second kappa shape index (κ2) is 7.87. The second-order valence-electron chi connectivity index (χ2n) is 4.34. The van der Waals surface area contributed by atoms with Gasteiger partial charge in [0.1, 0.15) is 0 Å². The topological polar surface area (TPSA) is 47.0 Å². The van der Waals surface area contributed by atoms with Crippen LogP contribution in [0.1, 0.15) is 46.0 Å². The third-order valence-corrected chi connectivity index (χ3v) is 2.73. The number of ether oxygens (including phenoxy) is 1. The monoisotopic (exact) mass is 237 g/mol. The predicted molar refractivity (Wildman–Crippen MR) is 70.4 cm³/mol. The first-order chi connectivity index (χ1) is 8.26. The number of hydrogen-bond donors (Lipinski definition) is 1. The summed E-state index contributed by atoms with van der Waals surface area (Å²) in [5.41, 5.74) is 0. The van der Waals surface area contributed by atoms with Gasteiger partial charge in [-0.05, 0) is 13.3 Å². The Morgan fingerprint density at radius 2 is 1.94 bits per heavy atom. The zero-order valence-electron chi connectivity index (χ0n) is 11.1. The van der Waals surface area contributed by atoms with Crippen LogP contribution in [0.3, 0.4) is 0 Å². The molecule has 1 rings (SSSR count). The molecule has 0 fully saturated rings. The summed E-state index contributed by atoms with van der Waals surface area (Å²) in [7, 11) is 1.61. The van der Waals surface area contributed by atoms with Gasteiger partial charge in [-0.3, -0.25) is 0 Å². The number of anilines is 1. The van der Waals surface area contributed by atoms with Crippen LogP contribution in [-0.4, -0.2) is 23.1 Å². The number of methoxy groups -OCH3 is 1. The van der Waals surface area contributed by atoms with Crippen molar-refractivity contribution in [2.75, 3.05) is 12.4 Å². The van der Waals surface area contributed by atoms with Gasteiger partial charge in [-0.2, -0.15) is 0 Å². The third-order valence-electron chi connectivity index (χ3n) is 2.73. The van der Waals surface area contributed by atoms with Crippen LogP contribution in [0, 0.1) is 0 Å². The Hall–Kier alpha value is -1.32. The summed E-state index contributed by atoms with van der Waals surface area (Å²) < 4.78 is 5.01. The standard InChI is InChI=1S/C13H23N3O/c1-4-5-6-7-8-11(2)16-13-14-9-12(17-3)10-15-13/h9-11H,4-8H2,1-3H3,(H,14,15,16). The van der Waals surface area contributed by atoms with Crippen LogP contribution < -0.4 is 10.1 Å². The summed E-state index contributed by atoms with van der Waals surface area (Å²) in [6.07, 6.45) is 9.70. The lowest BCUT2D eigenvalue weighted by Gasteiger charge is -2.13. The second-order valence-corrected chi connectivity index (χ2v) is 4.34. The first-order valence-corrected chi connectivity index (χ1v) is 6.38. The van der Waals surface area contributed by atoms with Crippen molar-refractivity contribution in [3.63, 3.8) is 0 Å². The molecule has 1 unspecified atom stereocenters. The molecule has 0 saturated heterocycles. The fraction of sp³-hybridized carbons (Fsp3) is 0.692. The smallest absolute Gasteiger partial charge is 0.223 e. The van der Waals surface area contributed by atoms with E-state index in [1.165, 1.54) is 25.7 Å². The van der Waals surface area contributed by atoms with Crippen LogP contribution in [0.2, 0.25) is 0 Å². The Bertz CT molecular complexity index is 300. The van der Waals surface area contributed by atoms with E-state index in [9.17, 15) is 0 Å². The number of hydrogen-bond acceptors (Lipinski definition) is 4. The van der Waals surface area contributed by atoms with E-state index >= 15 is 0 Å². The maximum absolute atomic E-state index is 5.01. The van der Waals surface area contributed by atoms with Crippen molar-refractivity contribution >= 4 is 5.95 Å². The fourth-order valence-corrected chi connectivity index (χ4v) is 1.67. The molecule has 0 aliphatic rings. The molecule has 1 heterocycles. The molecule has 1 aromatic rings. The first-order valence-electron chi connectivity index (χ1n) is 6.38. The van der Waals surface area contributed by atoms with Crippen molar-refractivity contribution < 1.29 is 4.74 Å². The molecular weight excluding hydrogens is 214 g/mol. The van der Waals surface area contributed by atoms with E-state index < -0.39 is 0 Å². The van der Waals surface area contributed by atoms with E-state index in [-0.39, 0.29) is 0 Å². The van der Waals surface area contributed by atoms with Crippen LogP contribution >= 0.6 is 0 Å². The number of unbranched alkanes of at least 4 members (excludes halogenated alkanes) is 3. The van der Waals surface area contributed by atoms with E-state index in [0.717, 1.165) is 6.42 Å². The van der Waals surface area contributed by atoms with Gasteiger partial charge in [-0.25, -0.2) is 9.97 Å². The maximum Gasteiger partial charge on any atom is 0.223 e. The van der Waals surface area contributed by atoms with Crippen LogP contribution in [0.4, 0.5) is 5.95 Å². The third kappa shape index (κ3) is 5.52. The van der Waals surface area contributed by atoms with Crippen LogP contribution in [0.15, 0.2) is 12.4 Å². The minimum Gasteiger partial charge on any atom is -0.494 e. The Kier molecular flexibility index (Phi) is 6.37. The molecule has 0 aromatic carbocycles.